The fourth-order valence-electron chi connectivity index (χ4n) is 2.52. The maximum absolute atomic E-state index is 12.0. The topological polar surface area (TPSA) is 44.9 Å². The summed E-state index contributed by atoms with van der Waals surface area (Å²) in [6, 6.07) is 0.268. The number of aromatic amines is 1. The van der Waals surface area contributed by atoms with Gasteiger partial charge in [-0.15, -0.1) is 11.3 Å². The lowest BCUT2D eigenvalue weighted by Gasteiger charge is -2.06. The van der Waals surface area contributed by atoms with E-state index in [-0.39, 0.29) is 22.8 Å². The van der Waals surface area contributed by atoms with Crippen LogP contribution in [0.5, 0.6) is 0 Å². The van der Waals surface area contributed by atoms with E-state index >= 15 is 0 Å². The zero-order chi connectivity index (χ0) is 13.7. The maximum atomic E-state index is 12.0. The summed E-state index contributed by atoms with van der Waals surface area (Å²) in [4.78, 5) is 16.2. The van der Waals surface area contributed by atoms with E-state index in [0.717, 1.165) is 14.5 Å². The largest absolute Gasteiger partial charge is 0.352 e. The van der Waals surface area contributed by atoms with Gasteiger partial charge < -0.3 is 10.3 Å². The van der Waals surface area contributed by atoms with Crippen LogP contribution in [0.1, 0.15) is 38.3 Å². The van der Waals surface area contributed by atoms with Gasteiger partial charge >= 0.3 is 0 Å². The average molecular weight is 284 g/mol. The Morgan fingerprint density at radius 3 is 2.33 bits per heavy atom. The van der Waals surface area contributed by atoms with Crippen LogP contribution in [0, 0.1) is 21.7 Å². The second-order valence-electron chi connectivity index (χ2n) is 6.18. The van der Waals surface area contributed by atoms with Gasteiger partial charge in [-0.1, -0.05) is 27.7 Å². The lowest BCUT2D eigenvalue weighted by Crippen LogP contribution is -2.31. The predicted octanol–water partition coefficient (Wildman–Crippen LogP) is 3.21. The highest BCUT2D eigenvalue weighted by Crippen LogP contribution is 2.62. The molecular formula is C13H20N2OS2. The van der Waals surface area contributed by atoms with Crippen molar-refractivity contribution in [3.63, 3.8) is 0 Å². The zero-order valence-corrected chi connectivity index (χ0v) is 13.1. The number of thiazole rings is 1. The van der Waals surface area contributed by atoms with Crippen molar-refractivity contribution in [2.45, 2.75) is 47.1 Å². The number of amides is 1. The Balaban J connectivity index is 1.99. The van der Waals surface area contributed by atoms with Crippen molar-refractivity contribution in [1.29, 1.82) is 0 Å². The second-order valence-corrected chi connectivity index (χ2v) is 7.96. The first-order chi connectivity index (χ1) is 8.16. The quantitative estimate of drug-likeness (QED) is 0.837. The van der Waals surface area contributed by atoms with Gasteiger partial charge in [-0.3, -0.25) is 4.79 Å². The number of H-pyrrole nitrogens is 1. The number of aryl methyl sites for hydroxylation is 1. The van der Waals surface area contributed by atoms with Gasteiger partial charge in [0.1, 0.15) is 0 Å². The molecule has 18 heavy (non-hydrogen) atoms. The van der Waals surface area contributed by atoms with E-state index in [1.54, 1.807) is 0 Å². The molecule has 1 heterocycles. The van der Waals surface area contributed by atoms with Crippen molar-refractivity contribution in [3.05, 3.63) is 14.5 Å². The average Bonchev–Trinajstić information content (AvgIpc) is 2.52. The van der Waals surface area contributed by atoms with Gasteiger partial charge in [0.15, 0.2) is 3.95 Å². The highest BCUT2D eigenvalue weighted by atomic mass is 32.1. The molecule has 0 atom stereocenters. The molecule has 1 saturated carbocycles. The van der Waals surface area contributed by atoms with E-state index in [1.807, 2.05) is 6.92 Å². The van der Waals surface area contributed by atoms with Crippen LogP contribution in [0.2, 0.25) is 0 Å². The SMILES string of the molecule is Cc1[nH]c(=S)sc1CC(=O)NC1C(C)(C)C1(C)C. The summed E-state index contributed by atoms with van der Waals surface area (Å²) < 4.78 is 0.738. The van der Waals surface area contributed by atoms with Crippen molar-refractivity contribution in [2.75, 3.05) is 0 Å². The van der Waals surface area contributed by atoms with E-state index in [1.165, 1.54) is 11.3 Å². The van der Waals surface area contributed by atoms with Crippen molar-refractivity contribution >= 4 is 29.5 Å². The summed E-state index contributed by atoms with van der Waals surface area (Å²) in [5.41, 5.74) is 1.37. The van der Waals surface area contributed by atoms with E-state index in [4.69, 9.17) is 12.2 Å². The van der Waals surface area contributed by atoms with Crippen molar-refractivity contribution in [2.24, 2.45) is 10.8 Å². The Labute approximate surface area is 117 Å². The van der Waals surface area contributed by atoms with Gasteiger partial charge in [0.25, 0.3) is 0 Å². The molecule has 0 saturated heterocycles. The molecule has 1 aromatic rings. The zero-order valence-electron chi connectivity index (χ0n) is 11.5. The van der Waals surface area contributed by atoms with Crippen molar-refractivity contribution < 1.29 is 4.79 Å². The van der Waals surface area contributed by atoms with Crippen LogP contribution in [0.4, 0.5) is 0 Å². The highest BCUT2D eigenvalue weighted by molar-refractivity contribution is 7.73. The molecule has 100 valence electrons. The molecule has 1 aliphatic rings. The molecular weight excluding hydrogens is 264 g/mol. The molecule has 0 unspecified atom stereocenters. The number of aromatic nitrogens is 1. The van der Waals surface area contributed by atoms with Crippen LogP contribution in [-0.4, -0.2) is 16.9 Å². The predicted molar refractivity (Wildman–Crippen MR) is 77.4 cm³/mol. The summed E-state index contributed by atoms with van der Waals surface area (Å²) in [6.45, 7) is 10.7. The summed E-state index contributed by atoms with van der Waals surface area (Å²) in [5.74, 6) is 0.0898. The second kappa shape index (κ2) is 4.17. The van der Waals surface area contributed by atoms with Crippen molar-refractivity contribution in [3.8, 4) is 0 Å². The first kappa shape index (κ1) is 13.7. The maximum Gasteiger partial charge on any atom is 0.225 e. The van der Waals surface area contributed by atoms with Crippen LogP contribution >= 0.6 is 23.6 Å². The minimum Gasteiger partial charge on any atom is -0.352 e. The first-order valence-electron chi connectivity index (χ1n) is 6.14. The summed E-state index contributed by atoms with van der Waals surface area (Å²) in [7, 11) is 0. The molecule has 0 aliphatic heterocycles. The molecule has 2 rings (SSSR count). The highest BCUT2D eigenvalue weighted by Gasteiger charge is 2.65. The molecule has 1 fully saturated rings. The number of hydrogen-bond acceptors (Lipinski definition) is 3. The third-order valence-electron chi connectivity index (χ3n) is 4.57. The smallest absolute Gasteiger partial charge is 0.225 e. The Morgan fingerprint density at radius 2 is 1.94 bits per heavy atom. The molecule has 5 heteroatoms. The Kier molecular flexibility index (Phi) is 3.18. The van der Waals surface area contributed by atoms with Crippen LogP contribution in [0.25, 0.3) is 0 Å². The molecule has 0 aromatic carbocycles. The lowest BCUT2D eigenvalue weighted by molar-refractivity contribution is -0.120. The Morgan fingerprint density at radius 1 is 1.39 bits per heavy atom. The summed E-state index contributed by atoms with van der Waals surface area (Å²) in [5, 5.41) is 3.14. The number of nitrogens with one attached hydrogen (secondary N) is 2. The standard InChI is InChI=1S/C13H20N2OS2/c1-7-8(18-11(17)14-7)6-9(16)15-10-12(2,3)13(10,4)5/h10H,6H2,1-5H3,(H,14,17)(H,15,16). The lowest BCUT2D eigenvalue weighted by atomic mass is 10.0. The van der Waals surface area contributed by atoms with Crippen LogP contribution in [0.15, 0.2) is 0 Å². The van der Waals surface area contributed by atoms with E-state index in [9.17, 15) is 4.79 Å². The monoisotopic (exact) mass is 284 g/mol. The number of hydrogen-bond donors (Lipinski definition) is 2. The molecule has 1 aliphatic carbocycles. The number of carbonyl (C=O) groups is 1. The number of rotatable bonds is 3. The fraction of sp³-hybridized carbons (Fsp3) is 0.692. The third-order valence-corrected chi connectivity index (χ3v) is 5.91. The molecule has 0 spiro atoms. The molecule has 3 nitrogen and oxygen atoms in total. The Hall–Kier alpha value is -0.680. The Bertz CT molecular complexity index is 525. The first-order valence-corrected chi connectivity index (χ1v) is 7.36. The molecule has 0 radical (unpaired) electrons. The normalized spacial score (nSPS) is 20.7. The molecule has 0 bridgehead atoms. The van der Waals surface area contributed by atoms with Gasteiger partial charge in [0.2, 0.25) is 5.91 Å². The summed E-state index contributed by atoms with van der Waals surface area (Å²) >= 11 is 6.57. The molecule has 2 N–H and O–H groups in total. The van der Waals surface area contributed by atoms with Crippen molar-refractivity contribution in [1.82, 2.24) is 10.3 Å². The van der Waals surface area contributed by atoms with Gasteiger partial charge in [-0.2, -0.15) is 0 Å². The summed E-state index contributed by atoms with van der Waals surface area (Å²) in [6.07, 6.45) is 0.423. The van der Waals surface area contributed by atoms with Gasteiger partial charge in [0, 0.05) is 16.6 Å². The fourth-order valence-corrected chi connectivity index (χ4v) is 3.81. The van der Waals surface area contributed by atoms with Gasteiger partial charge in [-0.05, 0) is 30.0 Å². The van der Waals surface area contributed by atoms with Crippen LogP contribution in [-0.2, 0) is 11.2 Å². The third kappa shape index (κ3) is 2.14. The van der Waals surface area contributed by atoms with E-state index in [0.29, 0.717) is 6.42 Å². The number of carbonyl (C=O) groups excluding carboxylic acids is 1. The molecule has 1 amide bonds. The van der Waals surface area contributed by atoms with E-state index in [2.05, 4.69) is 38.0 Å². The van der Waals surface area contributed by atoms with Gasteiger partial charge in [-0.25, -0.2) is 0 Å². The van der Waals surface area contributed by atoms with Gasteiger partial charge in [0.05, 0.1) is 6.42 Å². The van der Waals surface area contributed by atoms with Crippen LogP contribution < -0.4 is 5.32 Å². The molecule has 1 aromatic heterocycles. The minimum atomic E-state index is 0.0898. The van der Waals surface area contributed by atoms with Crippen LogP contribution in [0.3, 0.4) is 0 Å². The van der Waals surface area contributed by atoms with E-state index < -0.39 is 0 Å². The minimum absolute atomic E-state index is 0.0898.